The molecular weight excluding hydrogens is 370 g/mol. The molecule has 2 aromatic heterocycles. The SMILES string of the molecule is O=C(CCCCc1nc2ccccc2s1)Nc1ccc(Cn2cncn2)cc1. The van der Waals surface area contributed by atoms with E-state index in [4.69, 9.17) is 0 Å². The lowest BCUT2D eigenvalue weighted by Gasteiger charge is -2.07. The minimum atomic E-state index is 0.0494. The Morgan fingerprint density at radius 1 is 1.07 bits per heavy atom. The van der Waals surface area contributed by atoms with Crippen molar-refractivity contribution in [2.24, 2.45) is 0 Å². The number of carbonyl (C=O) groups excluding carboxylic acids is 1. The third-order valence-electron chi connectivity index (χ3n) is 4.43. The van der Waals surface area contributed by atoms with E-state index in [1.807, 2.05) is 42.5 Å². The molecule has 1 N–H and O–H groups in total. The van der Waals surface area contributed by atoms with Crippen LogP contribution in [0.5, 0.6) is 0 Å². The van der Waals surface area contributed by atoms with Crippen LogP contribution >= 0.6 is 11.3 Å². The highest BCUT2D eigenvalue weighted by Gasteiger charge is 2.06. The lowest BCUT2D eigenvalue weighted by molar-refractivity contribution is -0.116. The predicted octanol–water partition coefficient (Wildman–Crippen LogP) is 4.29. The summed E-state index contributed by atoms with van der Waals surface area (Å²) < 4.78 is 2.99. The van der Waals surface area contributed by atoms with Gasteiger partial charge in [-0.25, -0.2) is 14.6 Å². The van der Waals surface area contributed by atoms with Gasteiger partial charge in [0.1, 0.15) is 12.7 Å². The number of carbonyl (C=O) groups is 1. The molecule has 28 heavy (non-hydrogen) atoms. The van der Waals surface area contributed by atoms with Gasteiger partial charge in [0.05, 0.1) is 21.8 Å². The largest absolute Gasteiger partial charge is 0.326 e. The maximum Gasteiger partial charge on any atom is 0.224 e. The minimum absolute atomic E-state index is 0.0494. The minimum Gasteiger partial charge on any atom is -0.326 e. The number of anilines is 1. The topological polar surface area (TPSA) is 72.7 Å². The van der Waals surface area contributed by atoms with Crippen LogP contribution in [0.15, 0.2) is 61.2 Å². The van der Waals surface area contributed by atoms with E-state index in [-0.39, 0.29) is 5.91 Å². The van der Waals surface area contributed by atoms with Gasteiger partial charge in [0.15, 0.2) is 0 Å². The Morgan fingerprint density at radius 2 is 1.93 bits per heavy atom. The first-order valence-corrected chi connectivity index (χ1v) is 10.1. The Morgan fingerprint density at radius 3 is 2.71 bits per heavy atom. The highest BCUT2D eigenvalue weighted by molar-refractivity contribution is 7.18. The van der Waals surface area contributed by atoms with Crippen molar-refractivity contribution in [3.8, 4) is 0 Å². The van der Waals surface area contributed by atoms with Crippen molar-refractivity contribution in [1.82, 2.24) is 19.7 Å². The van der Waals surface area contributed by atoms with Crippen LogP contribution in [0.2, 0.25) is 0 Å². The standard InChI is InChI=1S/C21H21N5OS/c27-20(7-3-4-8-21-25-18-5-1-2-6-19(18)28-21)24-17-11-9-16(10-12-17)13-26-15-22-14-23-26/h1-2,5-6,9-12,14-15H,3-4,7-8,13H2,(H,24,27). The molecule has 0 bridgehead atoms. The maximum absolute atomic E-state index is 12.2. The number of hydrogen-bond acceptors (Lipinski definition) is 5. The molecule has 0 saturated heterocycles. The van der Waals surface area contributed by atoms with Crippen LogP contribution in [0.4, 0.5) is 5.69 Å². The first kappa shape index (κ1) is 18.3. The second-order valence-electron chi connectivity index (χ2n) is 6.62. The van der Waals surface area contributed by atoms with Gasteiger partial charge in [0, 0.05) is 12.1 Å². The summed E-state index contributed by atoms with van der Waals surface area (Å²) in [6.07, 6.45) is 6.46. The van der Waals surface area contributed by atoms with E-state index in [9.17, 15) is 4.79 Å². The predicted molar refractivity (Wildman–Crippen MR) is 111 cm³/mol. The number of benzene rings is 2. The third kappa shape index (κ3) is 4.80. The highest BCUT2D eigenvalue weighted by Crippen LogP contribution is 2.23. The van der Waals surface area contributed by atoms with Crippen molar-refractivity contribution in [3.05, 3.63) is 71.8 Å². The third-order valence-corrected chi connectivity index (χ3v) is 5.53. The van der Waals surface area contributed by atoms with Crippen LogP contribution in [0.3, 0.4) is 0 Å². The van der Waals surface area contributed by atoms with Crippen molar-refractivity contribution in [3.63, 3.8) is 0 Å². The number of fused-ring (bicyclic) bond motifs is 1. The second kappa shape index (κ2) is 8.75. The lowest BCUT2D eigenvalue weighted by Crippen LogP contribution is -2.11. The summed E-state index contributed by atoms with van der Waals surface area (Å²) in [7, 11) is 0. The summed E-state index contributed by atoms with van der Waals surface area (Å²) in [6, 6.07) is 16.0. The maximum atomic E-state index is 12.2. The van der Waals surface area contributed by atoms with E-state index in [2.05, 4.69) is 26.4 Å². The van der Waals surface area contributed by atoms with E-state index in [0.717, 1.165) is 41.0 Å². The van der Waals surface area contributed by atoms with Gasteiger partial charge < -0.3 is 5.32 Å². The highest BCUT2D eigenvalue weighted by atomic mass is 32.1. The van der Waals surface area contributed by atoms with Gasteiger partial charge in [-0.05, 0) is 49.1 Å². The van der Waals surface area contributed by atoms with Gasteiger partial charge in [-0.2, -0.15) is 5.10 Å². The van der Waals surface area contributed by atoms with E-state index in [0.29, 0.717) is 13.0 Å². The molecule has 2 aromatic carbocycles. The second-order valence-corrected chi connectivity index (χ2v) is 7.74. The average Bonchev–Trinajstić information content (AvgIpc) is 3.36. The summed E-state index contributed by atoms with van der Waals surface area (Å²) in [5.41, 5.74) is 2.99. The molecule has 0 aliphatic carbocycles. The number of unbranched alkanes of at least 4 members (excludes halogenated alkanes) is 1. The number of nitrogens with one attached hydrogen (secondary N) is 1. The zero-order valence-corrected chi connectivity index (χ0v) is 16.2. The smallest absolute Gasteiger partial charge is 0.224 e. The van der Waals surface area contributed by atoms with Crippen LogP contribution in [-0.2, 0) is 17.8 Å². The van der Waals surface area contributed by atoms with Gasteiger partial charge in [-0.1, -0.05) is 24.3 Å². The molecule has 7 heteroatoms. The number of amides is 1. The monoisotopic (exact) mass is 391 g/mol. The van der Waals surface area contributed by atoms with Gasteiger partial charge in [0.2, 0.25) is 5.91 Å². The molecule has 2 heterocycles. The summed E-state index contributed by atoms with van der Waals surface area (Å²) in [4.78, 5) is 20.7. The normalized spacial score (nSPS) is 11.0. The van der Waals surface area contributed by atoms with Gasteiger partial charge in [-0.3, -0.25) is 4.79 Å². The molecule has 0 aliphatic rings. The number of rotatable bonds is 8. The number of para-hydroxylation sites is 1. The fraction of sp³-hybridized carbons (Fsp3) is 0.238. The quantitative estimate of drug-likeness (QED) is 0.455. The molecule has 6 nitrogen and oxygen atoms in total. The van der Waals surface area contributed by atoms with E-state index in [1.54, 1.807) is 22.3 Å². The fourth-order valence-corrected chi connectivity index (χ4v) is 4.02. The van der Waals surface area contributed by atoms with Crippen molar-refractivity contribution < 1.29 is 4.79 Å². The van der Waals surface area contributed by atoms with Gasteiger partial charge >= 0.3 is 0 Å². The zero-order valence-electron chi connectivity index (χ0n) is 15.4. The van der Waals surface area contributed by atoms with Gasteiger partial charge in [0.25, 0.3) is 0 Å². The number of aromatic nitrogens is 4. The molecule has 0 radical (unpaired) electrons. The Kier molecular flexibility index (Phi) is 5.72. The molecular formula is C21H21N5OS. The van der Waals surface area contributed by atoms with Crippen LogP contribution in [0, 0.1) is 0 Å². The van der Waals surface area contributed by atoms with E-state index in [1.165, 1.54) is 11.0 Å². The van der Waals surface area contributed by atoms with Crippen LogP contribution in [-0.4, -0.2) is 25.7 Å². The molecule has 1 amide bonds. The molecule has 4 rings (SSSR count). The summed E-state index contributed by atoms with van der Waals surface area (Å²) in [5, 5.41) is 8.19. The van der Waals surface area contributed by atoms with Crippen LogP contribution in [0.1, 0.15) is 29.8 Å². The number of aryl methyl sites for hydroxylation is 1. The molecule has 0 unspecified atom stereocenters. The van der Waals surface area contributed by atoms with Crippen molar-refractivity contribution >= 4 is 33.1 Å². The number of nitrogens with zero attached hydrogens (tertiary/aromatic N) is 4. The summed E-state index contributed by atoms with van der Waals surface area (Å²) in [6.45, 7) is 0.667. The summed E-state index contributed by atoms with van der Waals surface area (Å²) in [5.74, 6) is 0.0494. The Balaban J connectivity index is 1.20. The Labute approximate surface area is 167 Å². The Bertz CT molecular complexity index is 1010. The van der Waals surface area contributed by atoms with Crippen LogP contribution in [0.25, 0.3) is 10.2 Å². The number of thiazole rings is 1. The molecule has 142 valence electrons. The van der Waals surface area contributed by atoms with E-state index >= 15 is 0 Å². The fourth-order valence-electron chi connectivity index (χ4n) is 3.01. The first-order chi connectivity index (χ1) is 13.8. The first-order valence-electron chi connectivity index (χ1n) is 9.32. The molecule has 0 saturated carbocycles. The molecule has 0 fully saturated rings. The van der Waals surface area contributed by atoms with E-state index < -0.39 is 0 Å². The zero-order chi connectivity index (χ0) is 19.2. The molecule has 4 aromatic rings. The lowest BCUT2D eigenvalue weighted by atomic mass is 10.1. The molecule has 0 aliphatic heterocycles. The van der Waals surface area contributed by atoms with Crippen molar-refractivity contribution in [2.45, 2.75) is 32.2 Å². The van der Waals surface area contributed by atoms with Crippen molar-refractivity contribution in [2.75, 3.05) is 5.32 Å². The summed E-state index contributed by atoms with van der Waals surface area (Å²) >= 11 is 1.74. The molecule has 0 spiro atoms. The molecule has 0 atom stereocenters. The van der Waals surface area contributed by atoms with Crippen LogP contribution < -0.4 is 5.32 Å². The van der Waals surface area contributed by atoms with Crippen molar-refractivity contribution in [1.29, 1.82) is 0 Å². The Hall–Kier alpha value is -3.06. The average molecular weight is 392 g/mol. The number of hydrogen-bond donors (Lipinski definition) is 1. The van der Waals surface area contributed by atoms with Gasteiger partial charge in [-0.15, -0.1) is 11.3 Å².